The van der Waals surface area contributed by atoms with Gasteiger partial charge in [-0.05, 0) is 43.5 Å². The second-order valence-corrected chi connectivity index (χ2v) is 5.70. The molecule has 0 spiro atoms. The van der Waals surface area contributed by atoms with E-state index in [4.69, 9.17) is 21.1 Å². The molecule has 120 valence electrons. The van der Waals surface area contributed by atoms with E-state index in [9.17, 15) is 4.79 Å². The van der Waals surface area contributed by atoms with Gasteiger partial charge in [-0.1, -0.05) is 24.4 Å². The van der Waals surface area contributed by atoms with Crippen molar-refractivity contribution >= 4 is 23.6 Å². The molecule has 0 unspecified atom stereocenters. The summed E-state index contributed by atoms with van der Waals surface area (Å²) in [5, 5.41) is 3.48. The first-order valence-corrected chi connectivity index (χ1v) is 8.00. The largest absolute Gasteiger partial charge is 0.493 e. The summed E-state index contributed by atoms with van der Waals surface area (Å²) in [4.78, 5) is 11.9. The number of amides is 1. The van der Waals surface area contributed by atoms with Crippen molar-refractivity contribution in [3.8, 4) is 11.5 Å². The van der Waals surface area contributed by atoms with Crippen LogP contribution in [0.4, 0.5) is 0 Å². The third-order valence-corrected chi connectivity index (χ3v) is 3.95. The predicted molar refractivity (Wildman–Crippen MR) is 88.6 cm³/mol. The molecule has 22 heavy (non-hydrogen) atoms. The second-order valence-electron chi connectivity index (χ2n) is 5.29. The molecule has 4 nitrogen and oxygen atoms in total. The van der Waals surface area contributed by atoms with Crippen LogP contribution in [-0.2, 0) is 4.79 Å². The van der Waals surface area contributed by atoms with Gasteiger partial charge in [-0.25, -0.2) is 0 Å². The number of carbonyl (C=O) groups is 1. The Balaban J connectivity index is 2.06. The van der Waals surface area contributed by atoms with E-state index in [1.807, 2.05) is 6.92 Å². The standard InChI is InChI=1S/C17H22ClNO3/c1-3-22-17-14(18)10-12(11-15(17)21-2)8-9-16(20)19-13-6-4-5-7-13/h8-11,13H,3-7H2,1-2H3,(H,19,20)/b9-8+. The van der Waals surface area contributed by atoms with Crippen LogP contribution < -0.4 is 14.8 Å². The second kappa shape index (κ2) is 8.08. The van der Waals surface area contributed by atoms with E-state index < -0.39 is 0 Å². The predicted octanol–water partition coefficient (Wildman–Crippen LogP) is 3.82. The van der Waals surface area contributed by atoms with Crippen LogP contribution in [0.5, 0.6) is 11.5 Å². The molecule has 5 heteroatoms. The fourth-order valence-electron chi connectivity index (χ4n) is 2.61. The average molecular weight is 324 g/mol. The lowest BCUT2D eigenvalue weighted by molar-refractivity contribution is -0.117. The molecule has 1 aromatic carbocycles. The number of benzene rings is 1. The molecule has 1 saturated carbocycles. The Labute approximate surface area is 136 Å². The molecule has 1 amide bonds. The molecular weight excluding hydrogens is 302 g/mol. The van der Waals surface area contributed by atoms with Gasteiger partial charge in [0.15, 0.2) is 11.5 Å². The lowest BCUT2D eigenvalue weighted by Crippen LogP contribution is -2.30. The van der Waals surface area contributed by atoms with Crippen molar-refractivity contribution in [1.82, 2.24) is 5.32 Å². The van der Waals surface area contributed by atoms with Crippen LogP contribution in [0.1, 0.15) is 38.2 Å². The van der Waals surface area contributed by atoms with Gasteiger partial charge in [-0.3, -0.25) is 4.79 Å². The van der Waals surface area contributed by atoms with E-state index >= 15 is 0 Å². The van der Waals surface area contributed by atoms with Crippen LogP contribution in [-0.4, -0.2) is 25.7 Å². The molecular formula is C17H22ClNO3. The molecule has 0 heterocycles. The van der Waals surface area contributed by atoms with Crippen molar-refractivity contribution in [2.45, 2.75) is 38.6 Å². The van der Waals surface area contributed by atoms with E-state index in [2.05, 4.69) is 5.32 Å². The van der Waals surface area contributed by atoms with E-state index in [-0.39, 0.29) is 5.91 Å². The number of hydrogen-bond donors (Lipinski definition) is 1. The number of halogens is 1. The van der Waals surface area contributed by atoms with Crippen molar-refractivity contribution in [2.24, 2.45) is 0 Å². The van der Waals surface area contributed by atoms with Gasteiger partial charge in [-0.15, -0.1) is 0 Å². The Hall–Kier alpha value is -1.68. The average Bonchev–Trinajstić information content (AvgIpc) is 3.00. The van der Waals surface area contributed by atoms with E-state index in [1.165, 1.54) is 18.9 Å². The number of hydrogen-bond acceptors (Lipinski definition) is 3. The van der Waals surface area contributed by atoms with Gasteiger partial charge in [0.1, 0.15) is 0 Å². The Morgan fingerprint density at radius 1 is 1.41 bits per heavy atom. The zero-order valence-electron chi connectivity index (χ0n) is 13.0. The van der Waals surface area contributed by atoms with Gasteiger partial charge in [0, 0.05) is 12.1 Å². The Bertz CT molecular complexity index is 551. The van der Waals surface area contributed by atoms with E-state index in [1.54, 1.807) is 25.3 Å². The number of rotatable bonds is 6. The summed E-state index contributed by atoms with van der Waals surface area (Å²) in [6, 6.07) is 3.88. The first-order valence-electron chi connectivity index (χ1n) is 7.63. The number of ether oxygens (including phenoxy) is 2. The summed E-state index contributed by atoms with van der Waals surface area (Å²) < 4.78 is 10.8. The maximum Gasteiger partial charge on any atom is 0.244 e. The highest BCUT2D eigenvalue weighted by Gasteiger charge is 2.16. The van der Waals surface area contributed by atoms with Crippen LogP contribution in [0.15, 0.2) is 18.2 Å². The molecule has 0 atom stereocenters. The van der Waals surface area contributed by atoms with Crippen LogP contribution in [0, 0.1) is 0 Å². The van der Waals surface area contributed by atoms with Gasteiger partial charge in [-0.2, -0.15) is 0 Å². The molecule has 1 aromatic rings. The van der Waals surface area contributed by atoms with E-state index in [0.29, 0.717) is 29.2 Å². The number of methoxy groups -OCH3 is 1. The SMILES string of the molecule is CCOc1c(Cl)cc(/C=C/C(=O)NC2CCCC2)cc1OC. The molecule has 0 saturated heterocycles. The molecule has 1 N–H and O–H groups in total. The molecule has 0 aromatic heterocycles. The Kier molecular flexibility index (Phi) is 6.13. The summed E-state index contributed by atoms with van der Waals surface area (Å²) in [6.45, 7) is 2.39. The molecule has 0 aliphatic heterocycles. The lowest BCUT2D eigenvalue weighted by Gasteiger charge is -2.12. The monoisotopic (exact) mass is 323 g/mol. The molecule has 0 bridgehead atoms. The quantitative estimate of drug-likeness (QED) is 0.810. The summed E-state index contributed by atoms with van der Waals surface area (Å²) in [7, 11) is 1.56. The maximum atomic E-state index is 11.9. The summed E-state index contributed by atoms with van der Waals surface area (Å²) >= 11 is 6.21. The summed E-state index contributed by atoms with van der Waals surface area (Å²) in [6.07, 6.45) is 7.80. The lowest BCUT2D eigenvalue weighted by atomic mass is 10.1. The Morgan fingerprint density at radius 3 is 2.77 bits per heavy atom. The zero-order chi connectivity index (χ0) is 15.9. The minimum absolute atomic E-state index is 0.0733. The van der Waals surface area contributed by atoms with Gasteiger partial charge >= 0.3 is 0 Å². The van der Waals surface area contributed by atoms with Gasteiger partial charge in [0.2, 0.25) is 5.91 Å². The normalized spacial score (nSPS) is 15.2. The van der Waals surface area contributed by atoms with Crippen molar-refractivity contribution in [3.63, 3.8) is 0 Å². The first kappa shape index (κ1) is 16.7. The fraction of sp³-hybridized carbons (Fsp3) is 0.471. The Morgan fingerprint density at radius 2 is 2.14 bits per heavy atom. The van der Waals surface area contributed by atoms with Crippen molar-refractivity contribution < 1.29 is 14.3 Å². The minimum atomic E-state index is -0.0733. The van der Waals surface area contributed by atoms with Gasteiger partial charge in [0.25, 0.3) is 0 Å². The minimum Gasteiger partial charge on any atom is -0.493 e. The molecule has 1 aliphatic rings. The van der Waals surface area contributed by atoms with Crippen LogP contribution in [0.2, 0.25) is 5.02 Å². The smallest absolute Gasteiger partial charge is 0.244 e. The van der Waals surface area contributed by atoms with Gasteiger partial charge in [0.05, 0.1) is 18.7 Å². The van der Waals surface area contributed by atoms with Crippen LogP contribution >= 0.6 is 11.6 Å². The fourth-order valence-corrected chi connectivity index (χ4v) is 2.89. The highest BCUT2D eigenvalue weighted by molar-refractivity contribution is 6.32. The topological polar surface area (TPSA) is 47.6 Å². The molecule has 2 rings (SSSR count). The summed E-state index contributed by atoms with van der Waals surface area (Å²) in [5.41, 5.74) is 0.798. The van der Waals surface area contributed by atoms with E-state index in [0.717, 1.165) is 18.4 Å². The maximum absolute atomic E-state index is 11.9. The molecule has 0 radical (unpaired) electrons. The number of nitrogens with one attached hydrogen (secondary N) is 1. The molecule has 1 fully saturated rings. The number of carbonyl (C=O) groups excluding carboxylic acids is 1. The zero-order valence-corrected chi connectivity index (χ0v) is 13.8. The highest BCUT2D eigenvalue weighted by atomic mass is 35.5. The third-order valence-electron chi connectivity index (χ3n) is 3.67. The van der Waals surface area contributed by atoms with Crippen LogP contribution in [0.25, 0.3) is 6.08 Å². The third kappa shape index (κ3) is 4.41. The van der Waals surface area contributed by atoms with Crippen molar-refractivity contribution in [2.75, 3.05) is 13.7 Å². The highest BCUT2D eigenvalue weighted by Crippen LogP contribution is 2.36. The molecule has 1 aliphatic carbocycles. The van der Waals surface area contributed by atoms with Crippen molar-refractivity contribution in [3.05, 3.63) is 28.8 Å². The summed E-state index contributed by atoms with van der Waals surface area (Å²) in [5.74, 6) is 1.01. The van der Waals surface area contributed by atoms with Crippen molar-refractivity contribution in [1.29, 1.82) is 0 Å². The van der Waals surface area contributed by atoms with Crippen LogP contribution in [0.3, 0.4) is 0 Å². The van der Waals surface area contributed by atoms with Gasteiger partial charge < -0.3 is 14.8 Å². The first-order chi connectivity index (χ1) is 10.6.